The Labute approximate surface area is 130 Å². The van der Waals surface area contributed by atoms with E-state index in [2.05, 4.69) is 40.3 Å². The molecular formula is C17H24BrNO. The largest absolute Gasteiger partial charge is 0.497 e. The highest BCUT2D eigenvalue weighted by atomic mass is 79.9. The number of hydrogen-bond acceptors (Lipinski definition) is 2. The summed E-state index contributed by atoms with van der Waals surface area (Å²) in [5, 5.41) is 3.72. The van der Waals surface area contributed by atoms with Crippen LogP contribution in [0, 0.1) is 17.8 Å². The van der Waals surface area contributed by atoms with Gasteiger partial charge in [0.15, 0.2) is 0 Å². The number of methoxy groups -OCH3 is 1. The predicted molar refractivity (Wildman–Crippen MR) is 86.2 cm³/mol. The molecule has 0 saturated heterocycles. The lowest BCUT2D eigenvalue weighted by Crippen LogP contribution is -2.37. The molecule has 2 saturated carbocycles. The first kappa shape index (κ1) is 14.4. The van der Waals surface area contributed by atoms with Gasteiger partial charge in [-0.05, 0) is 73.7 Å². The lowest BCUT2D eigenvalue weighted by molar-refractivity contribution is 0.336. The Kier molecular flexibility index (Phi) is 4.37. The van der Waals surface area contributed by atoms with Crippen LogP contribution in [0.1, 0.15) is 31.7 Å². The van der Waals surface area contributed by atoms with Crippen LogP contribution in [0.15, 0.2) is 22.7 Å². The van der Waals surface area contributed by atoms with Crippen molar-refractivity contribution in [3.63, 3.8) is 0 Å². The fraction of sp³-hybridized carbons (Fsp3) is 0.647. The molecule has 0 aromatic heterocycles. The average Bonchev–Trinajstić information content (AvgIpc) is 3.07. The van der Waals surface area contributed by atoms with Crippen molar-refractivity contribution in [2.75, 3.05) is 13.7 Å². The van der Waals surface area contributed by atoms with Crippen molar-refractivity contribution in [1.82, 2.24) is 5.32 Å². The molecule has 2 aliphatic carbocycles. The minimum atomic E-state index is 0.608. The van der Waals surface area contributed by atoms with E-state index < -0.39 is 0 Å². The summed E-state index contributed by atoms with van der Waals surface area (Å²) in [5.41, 5.74) is 1.36. The van der Waals surface area contributed by atoms with Crippen molar-refractivity contribution in [2.45, 2.75) is 38.6 Å². The second-order valence-corrected chi connectivity index (χ2v) is 7.17. The third-order valence-corrected chi connectivity index (χ3v) is 5.78. The number of halogens is 1. The van der Waals surface area contributed by atoms with Gasteiger partial charge in [0, 0.05) is 10.5 Å². The van der Waals surface area contributed by atoms with Crippen LogP contribution in [0.4, 0.5) is 0 Å². The highest BCUT2D eigenvalue weighted by Crippen LogP contribution is 2.55. The summed E-state index contributed by atoms with van der Waals surface area (Å²) in [6.07, 6.45) is 5.46. The summed E-state index contributed by atoms with van der Waals surface area (Å²) in [5.74, 6) is 3.91. The maximum absolute atomic E-state index is 5.36. The fourth-order valence-electron chi connectivity index (χ4n) is 3.83. The van der Waals surface area contributed by atoms with Gasteiger partial charge in [-0.3, -0.25) is 0 Å². The molecule has 3 rings (SSSR count). The normalized spacial score (nSPS) is 29.1. The molecule has 20 heavy (non-hydrogen) atoms. The quantitative estimate of drug-likeness (QED) is 0.846. The van der Waals surface area contributed by atoms with Gasteiger partial charge in [-0.1, -0.05) is 22.9 Å². The third-order valence-electron chi connectivity index (χ3n) is 5.01. The lowest BCUT2D eigenvalue weighted by atomic mass is 9.89. The van der Waals surface area contributed by atoms with E-state index in [1.54, 1.807) is 7.11 Å². The zero-order valence-electron chi connectivity index (χ0n) is 12.4. The summed E-state index contributed by atoms with van der Waals surface area (Å²) in [6.45, 7) is 3.27. The van der Waals surface area contributed by atoms with E-state index in [0.29, 0.717) is 6.04 Å². The SMILES string of the molecule is CCNC(Cc1cc(OC)ccc1Br)C1CC2CC2C1. The molecular weight excluding hydrogens is 314 g/mol. The molecule has 0 spiro atoms. The van der Waals surface area contributed by atoms with Gasteiger partial charge in [0.05, 0.1) is 7.11 Å². The molecule has 110 valence electrons. The predicted octanol–water partition coefficient (Wildman–Crippen LogP) is 4.02. The molecule has 0 radical (unpaired) electrons. The molecule has 1 N–H and O–H groups in total. The zero-order valence-corrected chi connectivity index (χ0v) is 13.9. The molecule has 3 atom stereocenters. The van der Waals surface area contributed by atoms with Crippen LogP contribution in [-0.2, 0) is 6.42 Å². The molecule has 0 aliphatic heterocycles. The summed E-state index contributed by atoms with van der Waals surface area (Å²) in [4.78, 5) is 0. The van der Waals surface area contributed by atoms with E-state index in [1.807, 2.05) is 6.07 Å². The molecule has 2 fully saturated rings. The Bertz CT molecular complexity index is 466. The summed E-state index contributed by atoms with van der Waals surface area (Å²) in [6, 6.07) is 6.89. The second kappa shape index (κ2) is 6.07. The second-order valence-electron chi connectivity index (χ2n) is 6.31. The van der Waals surface area contributed by atoms with Crippen molar-refractivity contribution in [1.29, 1.82) is 0 Å². The van der Waals surface area contributed by atoms with Gasteiger partial charge in [0.25, 0.3) is 0 Å². The highest BCUT2D eigenvalue weighted by molar-refractivity contribution is 9.10. The fourth-order valence-corrected chi connectivity index (χ4v) is 4.24. The van der Waals surface area contributed by atoms with Crippen molar-refractivity contribution in [3.05, 3.63) is 28.2 Å². The Morgan fingerprint density at radius 2 is 2.05 bits per heavy atom. The smallest absolute Gasteiger partial charge is 0.119 e. The number of ether oxygens (including phenoxy) is 1. The molecule has 0 heterocycles. The summed E-state index contributed by atoms with van der Waals surface area (Å²) < 4.78 is 6.56. The summed E-state index contributed by atoms with van der Waals surface area (Å²) >= 11 is 3.69. The van der Waals surface area contributed by atoms with E-state index in [1.165, 1.54) is 29.3 Å². The van der Waals surface area contributed by atoms with Crippen LogP contribution < -0.4 is 10.1 Å². The van der Waals surface area contributed by atoms with Crippen LogP contribution in [0.3, 0.4) is 0 Å². The van der Waals surface area contributed by atoms with Gasteiger partial charge in [-0.15, -0.1) is 0 Å². The first-order valence-electron chi connectivity index (χ1n) is 7.77. The number of benzene rings is 1. The van der Waals surface area contributed by atoms with Crippen LogP contribution in [0.5, 0.6) is 5.75 Å². The molecule has 0 bridgehead atoms. The maximum Gasteiger partial charge on any atom is 0.119 e. The lowest BCUT2D eigenvalue weighted by Gasteiger charge is -2.26. The average molecular weight is 338 g/mol. The standard InChI is InChI=1S/C17H24BrNO/c1-3-19-17(14-7-11-6-12(11)8-14)10-13-9-15(20-2)4-5-16(13)18/h4-5,9,11-12,14,17,19H,3,6-8,10H2,1-2H3. The van der Waals surface area contributed by atoms with Crippen LogP contribution in [-0.4, -0.2) is 19.7 Å². The molecule has 1 aromatic rings. The Balaban J connectivity index is 1.72. The maximum atomic E-state index is 5.36. The zero-order chi connectivity index (χ0) is 14.1. The van der Waals surface area contributed by atoms with Crippen LogP contribution in [0.2, 0.25) is 0 Å². The Morgan fingerprint density at radius 1 is 1.30 bits per heavy atom. The van der Waals surface area contributed by atoms with Crippen molar-refractivity contribution in [2.24, 2.45) is 17.8 Å². The number of nitrogens with one attached hydrogen (secondary N) is 1. The van der Waals surface area contributed by atoms with Crippen molar-refractivity contribution in [3.8, 4) is 5.75 Å². The molecule has 3 heteroatoms. The first-order chi connectivity index (χ1) is 9.71. The van der Waals surface area contributed by atoms with E-state index in [9.17, 15) is 0 Å². The highest BCUT2D eigenvalue weighted by Gasteiger charge is 2.47. The van der Waals surface area contributed by atoms with Gasteiger partial charge in [-0.2, -0.15) is 0 Å². The van der Waals surface area contributed by atoms with E-state index in [0.717, 1.165) is 36.5 Å². The molecule has 2 nitrogen and oxygen atoms in total. The first-order valence-corrected chi connectivity index (χ1v) is 8.56. The van der Waals surface area contributed by atoms with E-state index >= 15 is 0 Å². The van der Waals surface area contributed by atoms with E-state index in [-0.39, 0.29) is 0 Å². The molecule has 2 aliphatic rings. The number of likely N-dealkylation sites (N-methyl/N-ethyl adjacent to an activating group) is 1. The van der Waals surface area contributed by atoms with Crippen LogP contribution in [0.25, 0.3) is 0 Å². The number of rotatable bonds is 6. The van der Waals surface area contributed by atoms with Gasteiger partial charge >= 0.3 is 0 Å². The Hall–Kier alpha value is -0.540. The third kappa shape index (κ3) is 3.04. The van der Waals surface area contributed by atoms with Gasteiger partial charge < -0.3 is 10.1 Å². The van der Waals surface area contributed by atoms with Crippen molar-refractivity contribution >= 4 is 15.9 Å². The monoisotopic (exact) mass is 337 g/mol. The van der Waals surface area contributed by atoms with Crippen molar-refractivity contribution < 1.29 is 4.74 Å². The van der Waals surface area contributed by atoms with Crippen LogP contribution >= 0.6 is 15.9 Å². The van der Waals surface area contributed by atoms with Gasteiger partial charge in [0.1, 0.15) is 5.75 Å². The minimum Gasteiger partial charge on any atom is -0.497 e. The molecule has 1 aromatic carbocycles. The topological polar surface area (TPSA) is 21.3 Å². The molecule has 0 amide bonds. The summed E-state index contributed by atoms with van der Waals surface area (Å²) in [7, 11) is 1.74. The molecule has 3 unspecified atom stereocenters. The van der Waals surface area contributed by atoms with Gasteiger partial charge in [-0.25, -0.2) is 0 Å². The van der Waals surface area contributed by atoms with Gasteiger partial charge in [0.2, 0.25) is 0 Å². The number of fused-ring (bicyclic) bond motifs is 1. The Morgan fingerprint density at radius 3 is 2.70 bits per heavy atom. The number of hydrogen-bond donors (Lipinski definition) is 1. The van der Waals surface area contributed by atoms with E-state index in [4.69, 9.17) is 4.74 Å². The minimum absolute atomic E-state index is 0.608.